The summed E-state index contributed by atoms with van der Waals surface area (Å²) in [5, 5.41) is 8.81. The number of carboxylic acid groups (broad SMARTS) is 1. The summed E-state index contributed by atoms with van der Waals surface area (Å²) < 4.78 is 0. The van der Waals surface area contributed by atoms with Crippen LogP contribution >= 0.6 is 0 Å². The largest absolute Gasteiger partial charge is 0.481 e. The van der Waals surface area contributed by atoms with Crippen LogP contribution in [0.3, 0.4) is 0 Å². The van der Waals surface area contributed by atoms with E-state index in [9.17, 15) is 4.79 Å². The summed E-state index contributed by atoms with van der Waals surface area (Å²) in [4.78, 5) is 12.9. The predicted molar refractivity (Wildman–Crippen MR) is 47.1 cm³/mol. The minimum atomic E-state index is -0.639. The minimum absolute atomic E-state index is 0.138. The van der Waals surface area contributed by atoms with E-state index in [4.69, 9.17) is 5.11 Å². The Morgan fingerprint density at radius 1 is 1.58 bits per heavy atom. The molecule has 1 aliphatic heterocycles. The SMILES string of the molecule is CC(C)N1CCC[C@@H](C(=O)O)C1. The summed E-state index contributed by atoms with van der Waals surface area (Å²) in [6, 6.07) is 0.479. The summed E-state index contributed by atoms with van der Waals surface area (Å²) in [5.41, 5.74) is 0. The predicted octanol–water partition coefficient (Wildman–Crippen LogP) is 1.19. The second-order valence-electron chi connectivity index (χ2n) is 3.77. The molecule has 0 aliphatic carbocycles. The molecule has 0 amide bonds. The molecule has 70 valence electrons. The maximum atomic E-state index is 10.7. The molecule has 0 unspecified atom stereocenters. The van der Waals surface area contributed by atoms with E-state index < -0.39 is 5.97 Å². The van der Waals surface area contributed by atoms with Gasteiger partial charge in [0, 0.05) is 12.6 Å². The molecule has 0 aromatic carbocycles. The topological polar surface area (TPSA) is 40.5 Å². The normalized spacial score (nSPS) is 26.1. The van der Waals surface area contributed by atoms with Crippen molar-refractivity contribution >= 4 is 5.97 Å². The monoisotopic (exact) mass is 171 g/mol. The van der Waals surface area contributed by atoms with E-state index in [1.54, 1.807) is 0 Å². The van der Waals surface area contributed by atoms with Crippen molar-refractivity contribution in [3.05, 3.63) is 0 Å². The summed E-state index contributed by atoms with van der Waals surface area (Å²) in [6.07, 6.45) is 1.87. The Balaban J connectivity index is 2.46. The smallest absolute Gasteiger partial charge is 0.307 e. The third-order valence-electron chi connectivity index (χ3n) is 2.53. The molecular weight excluding hydrogens is 154 g/mol. The zero-order valence-corrected chi connectivity index (χ0v) is 7.79. The molecule has 0 radical (unpaired) electrons. The number of rotatable bonds is 2. The first kappa shape index (κ1) is 9.52. The van der Waals surface area contributed by atoms with E-state index in [-0.39, 0.29) is 5.92 Å². The van der Waals surface area contributed by atoms with Crippen LogP contribution in [0.25, 0.3) is 0 Å². The highest BCUT2D eigenvalue weighted by molar-refractivity contribution is 5.70. The molecule has 12 heavy (non-hydrogen) atoms. The van der Waals surface area contributed by atoms with Gasteiger partial charge < -0.3 is 10.0 Å². The van der Waals surface area contributed by atoms with Crippen LogP contribution in [-0.4, -0.2) is 35.1 Å². The van der Waals surface area contributed by atoms with Crippen molar-refractivity contribution in [2.75, 3.05) is 13.1 Å². The van der Waals surface area contributed by atoms with E-state index >= 15 is 0 Å². The van der Waals surface area contributed by atoms with Crippen LogP contribution < -0.4 is 0 Å². The first-order valence-corrected chi connectivity index (χ1v) is 4.58. The molecule has 1 heterocycles. The van der Waals surface area contributed by atoms with E-state index in [0.29, 0.717) is 6.04 Å². The summed E-state index contributed by atoms with van der Waals surface area (Å²) >= 11 is 0. The molecule has 0 aromatic heterocycles. The summed E-state index contributed by atoms with van der Waals surface area (Å²) in [7, 11) is 0. The molecular formula is C9H17NO2. The highest BCUT2D eigenvalue weighted by Gasteiger charge is 2.26. The van der Waals surface area contributed by atoms with Gasteiger partial charge in [-0.05, 0) is 33.2 Å². The number of likely N-dealkylation sites (tertiary alicyclic amines) is 1. The van der Waals surface area contributed by atoms with Gasteiger partial charge in [-0.2, -0.15) is 0 Å². The molecule has 0 saturated carbocycles. The first-order valence-electron chi connectivity index (χ1n) is 4.58. The molecule has 1 atom stereocenters. The fourth-order valence-corrected chi connectivity index (χ4v) is 1.68. The van der Waals surface area contributed by atoms with Crippen LogP contribution in [0.1, 0.15) is 26.7 Å². The third kappa shape index (κ3) is 2.21. The van der Waals surface area contributed by atoms with Gasteiger partial charge in [-0.1, -0.05) is 0 Å². The Morgan fingerprint density at radius 2 is 2.25 bits per heavy atom. The van der Waals surface area contributed by atoms with Gasteiger partial charge in [0.25, 0.3) is 0 Å². The number of hydrogen-bond donors (Lipinski definition) is 1. The zero-order valence-electron chi connectivity index (χ0n) is 7.79. The molecule has 0 spiro atoms. The van der Waals surface area contributed by atoms with Crippen molar-refractivity contribution in [1.82, 2.24) is 4.90 Å². The standard InChI is InChI=1S/C9H17NO2/c1-7(2)10-5-3-4-8(6-10)9(11)12/h7-8H,3-6H2,1-2H3,(H,11,12)/t8-/m1/s1. The maximum Gasteiger partial charge on any atom is 0.307 e. The lowest BCUT2D eigenvalue weighted by atomic mass is 9.97. The highest BCUT2D eigenvalue weighted by Crippen LogP contribution is 2.18. The van der Waals surface area contributed by atoms with Crippen LogP contribution in [0, 0.1) is 5.92 Å². The van der Waals surface area contributed by atoms with Crippen molar-refractivity contribution in [2.45, 2.75) is 32.7 Å². The molecule has 0 bridgehead atoms. The fraction of sp³-hybridized carbons (Fsp3) is 0.889. The Kier molecular flexibility index (Phi) is 3.09. The minimum Gasteiger partial charge on any atom is -0.481 e. The van der Waals surface area contributed by atoms with Crippen LogP contribution in [0.2, 0.25) is 0 Å². The molecule has 1 rings (SSSR count). The van der Waals surface area contributed by atoms with Crippen LogP contribution in [-0.2, 0) is 4.79 Å². The van der Waals surface area contributed by atoms with Gasteiger partial charge >= 0.3 is 5.97 Å². The molecule has 1 N–H and O–H groups in total. The van der Waals surface area contributed by atoms with Gasteiger partial charge in [0.15, 0.2) is 0 Å². The second-order valence-corrected chi connectivity index (χ2v) is 3.77. The quantitative estimate of drug-likeness (QED) is 0.678. The van der Waals surface area contributed by atoms with Crippen LogP contribution in [0.4, 0.5) is 0 Å². The van der Waals surface area contributed by atoms with Crippen molar-refractivity contribution in [3.63, 3.8) is 0 Å². The van der Waals surface area contributed by atoms with Crippen LogP contribution in [0.5, 0.6) is 0 Å². The lowest BCUT2D eigenvalue weighted by Gasteiger charge is -2.33. The molecule has 3 nitrogen and oxygen atoms in total. The average Bonchev–Trinajstić information content (AvgIpc) is 2.04. The van der Waals surface area contributed by atoms with Crippen molar-refractivity contribution in [3.8, 4) is 0 Å². The summed E-state index contributed by atoms with van der Waals surface area (Å²) in [5.74, 6) is -0.776. The van der Waals surface area contributed by atoms with Gasteiger partial charge in [0.1, 0.15) is 0 Å². The number of aliphatic carboxylic acids is 1. The third-order valence-corrected chi connectivity index (χ3v) is 2.53. The maximum absolute atomic E-state index is 10.7. The Labute approximate surface area is 73.4 Å². The van der Waals surface area contributed by atoms with Crippen LogP contribution in [0.15, 0.2) is 0 Å². The lowest BCUT2D eigenvalue weighted by molar-refractivity contribution is -0.143. The molecule has 0 aromatic rings. The number of nitrogens with zero attached hydrogens (tertiary/aromatic N) is 1. The summed E-state index contributed by atoms with van der Waals surface area (Å²) in [6.45, 7) is 6.02. The molecule has 1 saturated heterocycles. The number of piperidine rings is 1. The number of carbonyl (C=O) groups is 1. The second kappa shape index (κ2) is 3.90. The average molecular weight is 171 g/mol. The molecule has 1 fully saturated rings. The highest BCUT2D eigenvalue weighted by atomic mass is 16.4. The molecule has 1 aliphatic rings. The Bertz CT molecular complexity index is 168. The Morgan fingerprint density at radius 3 is 2.75 bits per heavy atom. The van der Waals surface area contributed by atoms with Gasteiger partial charge in [-0.3, -0.25) is 4.79 Å². The number of hydrogen-bond acceptors (Lipinski definition) is 2. The lowest BCUT2D eigenvalue weighted by Crippen LogP contribution is -2.42. The van der Waals surface area contributed by atoms with Gasteiger partial charge in [-0.15, -0.1) is 0 Å². The van der Waals surface area contributed by atoms with E-state index in [2.05, 4.69) is 18.7 Å². The Hall–Kier alpha value is -0.570. The van der Waals surface area contributed by atoms with Crippen molar-refractivity contribution in [1.29, 1.82) is 0 Å². The zero-order chi connectivity index (χ0) is 9.14. The van der Waals surface area contributed by atoms with E-state index in [1.807, 2.05) is 0 Å². The number of carboxylic acids is 1. The van der Waals surface area contributed by atoms with E-state index in [1.165, 1.54) is 0 Å². The first-order chi connectivity index (χ1) is 5.61. The van der Waals surface area contributed by atoms with Crippen molar-refractivity contribution < 1.29 is 9.90 Å². The van der Waals surface area contributed by atoms with E-state index in [0.717, 1.165) is 25.9 Å². The van der Waals surface area contributed by atoms with Gasteiger partial charge in [-0.25, -0.2) is 0 Å². The van der Waals surface area contributed by atoms with Gasteiger partial charge in [0.2, 0.25) is 0 Å². The fourth-order valence-electron chi connectivity index (χ4n) is 1.68. The van der Waals surface area contributed by atoms with Crippen molar-refractivity contribution in [2.24, 2.45) is 5.92 Å². The molecule has 3 heteroatoms. The van der Waals surface area contributed by atoms with Gasteiger partial charge in [0.05, 0.1) is 5.92 Å².